The van der Waals surface area contributed by atoms with Crippen molar-refractivity contribution in [1.29, 1.82) is 0 Å². The molecule has 28 heavy (non-hydrogen) atoms. The Morgan fingerprint density at radius 1 is 1.07 bits per heavy atom. The third kappa shape index (κ3) is 4.30. The van der Waals surface area contributed by atoms with Gasteiger partial charge in [-0.1, -0.05) is 54.6 Å². The summed E-state index contributed by atoms with van der Waals surface area (Å²) in [6.07, 6.45) is 1.46. The van der Waals surface area contributed by atoms with Crippen LogP contribution < -0.4 is 10.0 Å². The maximum Gasteiger partial charge on any atom is 0.251 e. The van der Waals surface area contributed by atoms with Crippen LogP contribution in [-0.4, -0.2) is 20.9 Å². The van der Waals surface area contributed by atoms with E-state index in [1.165, 1.54) is 18.2 Å². The van der Waals surface area contributed by atoms with Crippen LogP contribution in [0.15, 0.2) is 84.3 Å². The topological polar surface area (TPSA) is 75.3 Å². The van der Waals surface area contributed by atoms with Gasteiger partial charge >= 0.3 is 0 Å². The SMILES string of the molecule is C=CCNS(=O)(=O)c1cccc(C(=O)NC(C)c2cccc3ccccc23)c1. The number of hydrogen-bond acceptors (Lipinski definition) is 3. The summed E-state index contributed by atoms with van der Waals surface area (Å²) < 4.78 is 26.9. The average molecular weight is 394 g/mol. The van der Waals surface area contributed by atoms with E-state index >= 15 is 0 Å². The van der Waals surface area contributed by atoms with Crippen LogP contribution in [-0.2, 0) is 10.0 Å². The Morgan fingerprint density at radius 3 is 2.57 bits per heavy atom. The van der Waals surface area contributed by atoms with Gasteiger partial charge in [-0.15, -0.1) is 6.58 Å². The Balaban J connectivity index is 1.83. The number of rotatable bonds is 7. The number of amides is 1. The number of nitrogens with one attached hydrogen (secondary N) is 2. The Kier molecular flexibility index (Phi) is 5.92. The van der Waals surface area contributed by atoms with Crippen LogP contribution in [0, 0.1) is 0 Å². The summed E-state index contributed by atoms with van der Waals surface area (Å²) in [5.41, 5.74) is 1.29. The second-order valence-electron chi connectivity index (χ2n) is 6.43. The molecule has 0 aliphatic carbocycles. The molecule has 3 aromatic carbocycles. The van der Waals surface area contributed by atoms with Crippen molar-refractivity contribution in [2.24, 2.45) is 0 Å². The summed E-state index contributed by atoms with van der Waals surface area (Å²) in [5.74, 6) is -0.332. The van der Waals surface area contributed by atoms with E-state index in [0.29, 0.717) is 0 Å². The molecule has 144 valence electrons. The molecular weight excluding hydrogens is 372 g/mol. The second kappa shape index (κ2) is 8.37. The third-order valence-electron chi connectivity index (χ3n) is 4.46. The van der Waals surface area contributed by atoms with Crippen molar-refractivity contribution in [1.82, 2.24) is 10.0 Å². The zero-order chi connectivity index (χ0) is 20.1. The Bertz CT molecular complexity index is 1120. The number of hydrogen-bond donors (Lipinski definition) is 2. The van der Waals surface area contributed by atoms with Gasteiger partial charge < -0.3 is 5.32 Å². The predicted octanol–water partition coefficient (Wildman–Crippen LogP) is 3.80. The van der Waals surface area contributed by atoms with Gasteiger partial charge in [0.2, 0.25) is 10.0 Å². The minimum Gasteiger partial charge on any atom is -0.345 e. The number of benzene rings is 3. The first kappa shape index (κ1) is 19.8. The minimum atomic E-state index is -3.69. The summed E-state index contributed by atoms with van der Waals surface area (Å²) in [7, 11) is -3.69. The fourth-order valence-corrected chi connectivity index (χ4v) is 4.09. The van der Waals surface area contributed by atoms with Crippen LogP contribution in [0.1, 0.15) is 28.9 Å². The molecule has 0 radical (unpaired) electrons. The molecule has 0 bridgehead atoms. The first-order chi connectivity index (χ1) is 13.4. The van der Waals surface area contributed by atoms with Crippen LogP contribution in [0.3, 0.4) is 0 Å². The predicted molar refractivity (Wildman–Crippen MR) is 112 cm³/mol. The van der Waals surface area contributed by atoms with Gasteiger partial charge in [0.1, 0.15) is 0 Å². The molecule has 5 nitrogen and oxygen atoms in total. The monoisotopic (exact) mass is 394 g/mol. The number of sulfonamides is 1. The molecule has 0 saturated heterocycles. The second-order valence-corrected chi connectivity index (χ2v) is 8.20. The van der Waals surface area contributed by atoms with E-state index in [1.54, 1.807) is 12.1 Å². The van der Waals surface area contributed by atoms with Crippen molar-refractivity contribution >= 4 is 26.7 Å². The number of carbonyl (C=O) groups excluding carboxylic acids is 1. The first-order valence-electron chi connectivity index (χ1n) is 8.91. The summed E-state index contributed by atoms with van der Waals surface area (Å²) in [6, 6.07) is 19.7. The molecule has 0 heterocycles. The van der Waals surface area contributed by atoms with E-state index in [-0.39, 0.29) is 29.0 Å². The van der Waals surface area contributed by atoms with Crippen molar-refractivity contribution in [3.63, 3.8) is 0 Å². The fraction of sp³-hybridized carbons (Fsp3) is 0.136. The molecule has 2 N–H and O–H groups in total. The molecule has 0 aromatic heterocycles. The first-order valence-corrected chi connectivity index (χ1v) is 10.4. The molecule has 1 atom stereocenters. The van der Waals surface area contributed by atoms with Gasteiger partial charge in [-0.25, -0.2) is 13.1 Å². The van der Waals surface area contributed by atoms with Gasteiger partial charge in [0.25, 0.3) is 5.91 Å². The average Bonchev–Trinajstić information content (AvgIpc) is 2.72. The third-order valence-corrected chi connectivity index (χ3v) is 5.88. The fourth-order valence-electron chi connectivity index (χ4n) is 3.04. The summed E-state index contributed by atoms with van der Waals surface area (Å²) in [5, 5.41) is 5.13. The number of fused-ring (bicyclic) bond motifs is 1. The zero-order valence-electron chi connectivity index (χ0n) is 15.6. The molecule has 0 aliphatic rings. The normalized spacial score (nSPS) is 12.5. The lowest BCUT2D eigenvalue weighted by Gasteiger charge is -2.17. The maximum atomic E-state index is 12.7. The van der Waals surface area contributed by atoms with E-state index in [0.717, 1.165) is 16.3 Å². The van der Waals surface area contributed by atoms with E-state index < -0.39 is 10.0 Å². The molecule has 0 fully saturated rings. The number of carbonyl (C=O) groups is 1. The van der Waals surface area contributed by atoms with Gasteiger partial charge in [-0.2, -0.15) is 0 Å². The van der Waals surface area contributed by atoms with E-state index in [4.69, 9.17) is 0 Å². The lowest BCUT2D eigenvalue weighted by molar-refractivity contribution is 0.0940. The van der Waals surface area contributed by atoms with E-state index in [1.807, 2.05) is 49.4 Å². The molecule has 6 heteroatoms. The van der Waals surface area contributed by atoms with Crippen molar-refractivity contribution in [2.45, 2.75) is 17.9 Å². The highest BCUT2D eigenvalue weighted by atomic mass is 32.2. The molecule has 3 rings (SSSR count). The molecule has 0 spiro atoms. The smallest absolute Gasteiger partial charge is 0.251 e. The highest BCUT2D eigenvalue weighted by Crippen LogP contribution is 2.24. The highest BCUT2D eigenvalue weighted by molar-refractivity contribution is 7.89. The largest absolute Gasteiger partial charge is 0.345 e. The minimum absolute atomic E-state index is 0.0415. The molecule has 1 unspecified atom stereocenters. The zero-order valence-corrected chi connectivity index (χ0v) is 16.4. The van der Waals surface area contributed by atoms with Crippen molar-refractivity contribution < 1.29 is 13.2 Å². The van der Waals surface area contributed by atoms with E-state index in [2.05, 4.69) is 16.6 Å². The summed E-state index contributed by atoms with van der Waals surface area (Å²) in [4.78, 5) is 12.8. The van der Waals surface area contributed by atoms with Crippen LogP contribution in [0.5, 0.6) is 0 Å². The maximum absolute atomic E-state index is 12.7. The van der Waals surface area contributed by atoms with E-state index in [9.17, 15) is 13.2 Å². The van der Waals surface area contributed by atoms with Gasteiger partial charge in [0.15, 0.2) is 0 Å². The Morgan fingerprint density at radius 2 is 1.79 bits per heavy atom. The molecule has 1 amide bonds. The van der Waals surface area contributed by atoms with Crippen molar-refractivity contribution in [3.8, 4) is 0 Å². The van der Waals surface area contributed by atoms with Crippen LogP contribution in [0.2, 0.25) is 0 Å². The van der Waals surface area contributed by atoms with Crippen LogP contribution >= 0.6 is 0 Å². The van der Waals surface area contributed by atoms with Gasteiger partial charge in [0.05, 0.1) is 10.9 Å². The standard InChI is InChI=1S/C22H22N2O3S/c1-3-14-23-28(26,27)19-11-6-10-18(15-19)22(25)24-16(2)20-13-7-9-17-8-4-5-12-21(17)20/h3-13,15-16,23H,1,14H2,2H3,(H,24,25). The summed E-state index contributed by atoms with van der Waals surface area (Å²) in [6.45, 7) is 5.53. The molecule has 3 aromatic rings. The lowest BCUT2D eigenvalue weighted by atomic mass is 9.99. The molecule has 0 aliphatic heterocycles. The Hall–Kier alpha value is -2.96. The quantitative estimate of drug-likeness (QED) is 0.599. The molecule has 0 saturated carbocycles. The van der Waals surface area contributed by atoms with Crippen molar-refractivity contribution in [3.05, 3.63) is 90.5 Å². The molecular formula is C22H22N2O3S. The van der Waals surface area contributed by atoms with Crippen LogP contribution in [0.25, 0.3) is 10.8 Å². The van der Waals surface area contributed by atoms with Crippen LogP contribution in [0.4, 0.5) is 0 Å². The lowest BCUT2D eigenvalue weighted by Crippen LogP contribution is -2.28. The van der Waals surface area contributed by atoms with Crippen molar-refractivity contribution in [2.75, 3.05) is 6.54 Å². The van der Waals surface area contributed by atoms with Gasteiger partial charge in [-0.05, 0) is 41.5 Å². The van der Waals surface area contributed by atoms with Gasteiger partial charge in [-0.3, -0.25) is 4.79 Å². The highest BCUT2D eigenvalue weighted by Gasteiger charge is 2.17. The summed E-state index contributed by atoms with van der Waals surface area (Å²) >= 11 is 0. The Labute approximate surface area is 165 Å². The van der Waals surface area contributed by atoms with Gasteiger partial charge in [0, 0.05) is 12.1 Å².